The normalized spacial score (nSPS) is 26.8. The summed E-state index contributed by atoms with van der Waals surface area (Å²) in [5.41, 5.74) is 1.65. The van der Waals surface area contributed by atoms with E-state index in [2.05, 4.69) is 10.0 Å². The van der Waals surface area contributed by atoms with Crippen LogP contribution in [0.3, 0.4) is 0 Å². The molecule has 0 spiro atoms. The molecule has 2 bridgehead atoms. The molecule has 2 saturated heterocycles. The van der Waals surface area contributed by atoms with E-state index >= 15 is 0 Å². The summed E-state index contributed by atoms with van der Waals surface area (Å²) in [6, 6.07) is 4.55. The number of nitrogens with one attached hydrogen (secondary N) is 2. The van der Waals surface area contributed by atoms with Gasteiger partial charge < -0.3 is 10.1 Å². The van der Waals surface area contributed by atoms with Gasteiger partial charge in [-0.25, -0.2) is 13.1 Å². The molecule has 24 heavy (non-hydrogen) atoms. The van der Waals surface area contributed by atoms with Crippen molar-refractivity contribution in [1.29, 1.82) is 0 Å². The number of ether oxygens (including phenoxy) is 1. The third-order valence-corrected chi connectivity index (χ3v) is 6.90. The summed E-state index contributed by atoms with van der Waals surface area (Å²) in [5, 5.41) is 3.54. The molecule has 2 aliphatic heterocycles. The fourth-order valence-electron chi connectivity index (χ4n) is 4.03. The molecule has 2 atom stereocenters. The molecule has 2 fully saturated rings. The van der Waals surface area contributed by atoms with E-state index in [1.165, 1.54) is 0 Å². The summed E-state index contributed by atoms with van der Waals surface area (Å²) < 4.78 is 34.3. The lowest BCUT2D eigenvalue weighted by atomic mass is 10.0. The van der Waals surface area contributed by atoms with Crippen LogP contribution in [0.25, 0.3) is 0 Å². The molecule has 2 N–H and O–H groups in total. The predicted molar refractivity (Wildman–Crippen MR) is 95.1 cm³/mol. The van der Waals surface area contributed by atoms with Crippen LogP contribution in [0.4, 0.5) is 0 Å². The SMILES string of the molecule is COc1cc(C)c(S(=O)(=O)NC2CC3CCC(C2)N3)cc1C(C)C. The molecular weight excluding hydrogens is 324 g/mol. The van der Waals surface area contributed by atoms with Crippen LogP contribution < -0.4 is 14.8 Å². The average molecular weight is 353 g/mol. The zero-order valence-electron chi connectivity index (χ0n) is 14.9. The van der Waals surface area contributed by atoms with Gasteiger partial charge in [0.15, 0.2) is 0 Å². The van der Waals surface area contributed by atoms with E-state index < -0.39 is 10.0 Å². The first-order chi connectivity index (χ1) is 11.3. The highest BCUT2D eigenvalue weighted by Crippen LogP contribution is 2.32. The van der Waals surface area contributed by atoms with Gasteiger partial charge in [-0.15, -0.1) is 0 Å². The van der Waals surface area contributed by atoms with Crippen LogP contribution in [0.2, 0.25) is 0 Å². The van der Waals surface area contributed by atoms with Crippen molar-refractivity contribution in [2.75, 3.05) is 7.11 Å². The van der Waals surface area contributed by atoms with Crippen molar-refractivity contribution in [1.82, 2.24) is 10.0 Å². The number of fused-ring (bicyclic) bond motifs is 2. The lowest BCUT2D eigenvalue weighted by molar-refractivity contribution is 0.345. The van der Waals surface area contributed by atoms with Gasteiger partial charge >= 0.3 is 0 Å². The minimum absolute atomic E-state index is 0.0257. The number of piperidine rings is 1. The summed E-state index contributed by atoms with van der Waals surface area (Å²) >= 11 is 0. The average Bonchev–Trinajstić information content (AvgIpc) is 2.84. The maximum atomic E-state index is 13.0. The maximum Gasteiger partial charge on any atom is 0.241 e. The zero-order valence-corrected chi connectivity index (χ0v) is 15.7. The van der Waals surface area contributed by atoms with Crippen molar-refractivity contribution in [2.45, 2.75) is 75.4 Å². The Morgan fingerprint density at radius 2 is 1.83 bits per heavy atom. The zero-order chi connectivity index (χ0) is 17.5. The fraction of sp³-hybridized carbons (Fsp3) is 0.667. The van der Waals surface area contributed by atoms with Crippen LogP contribution in [0, 0.1) is 6.92 Å². The molecular formula is C18H28N2O3S. The Balaban J connectivity index is 1.87. The Bertz CT molecular complexity index is 703. The number of sulfonamides is 1. The van der Waals surface area contributed by atoms with E-state index in [4.69, 9.17) is 4.74 Å². The standard InChI is InChI=1S/C18H28N2O3S/c1-11(2)16-10-18(12(3)7-17(16)23-4)24(21,22)20-15-8-13-5-6-14(9-15)19-13/h7,10-11,13-15,19-20H,5-6,8-9H2,1-4H3. The molecule has 0 aliphatic carbocycles. The highest BCUT2D eigenvalue weighted by Gasteiger charge is 2.35. The number of rotatable bonds is 5. The molecule has 2 aliphatic rings. The quantitative estimate of drug-likeness (QED) is 0.855. The molecule has 2 heterocycles. The monoisotopic (exact) mass is 352 g/mol. The summed E-state index contributed by atoms with van der Waals surface area (Å²) in [6.07, 6.45) is 4.06. The van der Waals surface area contributed by atoms with E-state index in [0.29, 0.717) is 17.0 Å². The number of methoxy groups -OCH3 is 1. The maximum absolute atomic E-state index is 13.0. The number of aryl methyl sites for hydroxylation is 1. The predicted octanol–water partition coefficient (Wildman–Crippen LogP) is 2.69. The second-order valence-corrected chi connectivity index (χ2v) is 9.12. The van der Waals surface area contributed by atoms with Gasteiger partial charge in [-0.2, -0.15) is 0 Å². The number of hydrogen-bond donors (Lipinski definition) is 2. The Labute approximate surface area is 145 Å². The van der Waals surface area contributed by atoms with Crippen molar-refractivity contribution in [3.05, 3.63) is 23.3 Å². The summed E-state index contributed by atoms with van der Waals surface area (Å²) in [4.78, 5) is 0.373. The first-order valence-corrected chi connectivity index (χ1v) is 10.3. The third kappa shape index (κ3) is 3.46. The Hall–Kier alpha value is -1.11. The van der Waals surface area contributed by atoms with Crippen molar-refractivity contribution >= 4 is 10.0 Å². The molecule has 134 valence electrons. The van der Waals surface area contributed by atoms with Crippen LogP contribution in [0.15, 0.2) is 17.0 Å². The first kappa shape index (κ1) is 17.7. The van der Waals surface area contributed by atoms with Crippen molar-refractivity contribution in [3.63, 3.8) is 0 Å². The van der Waals surface area contributed by atoms with Crippen LogP contribution in [-0.2, 0) is 10.0 Å². The van der Waals surface area contributed by atoms with Crippen LogP contribution in [0.1, 0.15) is 56.6 Å². The Morgan fingerprint density at radius 3 is 2.38 bits per heavy atom. The molecule has 1 aromatic carbocycles. The molecule has 0 aromatic heterocycles. The van der Waals surface area contributed by atoms with Gasteiger partial charge in [0.25, 0.3) is 0 Å². The third-order valence-electron chi connectivity index (χ3n) is 5.23. The number of benzene rings is 1. The largest absolute Gasteiger partial charge is 0.496 e. The lowest BCUT2D eigenvalue weighted by Crippen LogP contribution is -2.48. The van der Waals surface area contributed by atoms with E-state index in [9.17, 15) is 8.42 Å². The molecule has 2 unspecified atom stereocenters. The topological polar surface area (TPSA) is 67.4 Å². The van der Waals surface area contributed by atoms with Gasteiger partial charge in [-0.3, -0.25) is 0 Å². The van der Waals surface area contributed by atoms with Crippen LogP contribution in [-0.4, -0.2) is 33.7 Å². The Morgan fingerprint density at radius 1 is 1.21 bits per heavy atom. The van der Waals surface area contributed by atoms with Gasteiger partial charge in [0, 0.05) is 18.1 Å². The Kier molecular flexibility index (Phi) is 4.91. The highest BCUT2D eigenvalue weighted by molar-refractivity contribution is 7.89. The van der Waals surface area contributed by atoms with E-state index in [0.717, 1.165) is 42.6 Å². The lowest BCUT2D eigenvalue weighted by Gasteiger charge is -2.29. The molecule has 1 aromatic rings. The van der Waals surface area contributed by atoms with E-state index in [1.807, 2.05) is 26.8 Å². The van der Waals surface area contributed by atoms with E-state index in [-0.39, 0.29) is 12.0 Å². The minimum atomic E-state index is -3.52. The van der Waals surface area contributed by atoms with E-state index in [1.54, 1.807) is 13.2 Å². The second kappa shape index (κ2) is 6.65. The molecule has 0 saturated carbocycles. The van der Waals surface area contributed by atoms with Gasteiger partial charge in [-0.1, -0.05) is 13.8 Å². The fourth-order valence-corrected chi connectivity index (χ4v) is 5.55. The molecule has 3 rings (SSSR count). The van der Waals surface area contributed by atoms with Gasteiger partial charge in [-0.05, 0) is 61.8 Å². The van der Waals surface area contributed by atoms with Crippen LogP contribution >= 0.6 is 0 Å². The molecule has 5 nitrogen and oxygen atoms in total. The number of hydrogen-bond acceptors (Lipinski definition) is 4. The van der Waals surface area contributed by atoms with Crippen molar-refractivity contribution < 1.29 is 13.2 Å². The van der Waals surface area contributed by atoms with Crippen LogP contribution in [0.5, 0.6) is 5.75 Å². The summed E-state index contributed by atoms with van der Waals surface area (Å²) in [7, 11) is -1.90. The highest BCUT2D eigenvalue weighted by atomic mass is 32.2. The minimum Gasteiger partial charge on any atom is -0.496 e. The molecule has 6 heteroatoms. The van der Waals surface area contributed by atoms with Crippen molar-refractivity contribution in [2.24, 2.45) is 0 Å². The summed E-state index contributed by atoms with van der Waals surface area (Å²) in [6.45, 7) is 5.91. The first-order valence-electron chi connectivity index (χ1n) is 8.77. The van der Waals surface area contributed by atoms with Gasteiger partial charge in [0.1, 0.15) is 5.75 Å². The molecule has 0 radical (unpaired) electrons. The van der Waals surface area contributed by atoms with Crippen molar-refractivity contribution in [3.8, 4) is 5.75 Å². The molecule has 0 amide bonds. The van der Waals surface area contributed by atoms with Gasteiger partial charge in [0.05, 0.1) is 12.0 Å². The van der Waals surface area contributed by atoms with Gasteiger partial charge in [0.2, 0.25) is 10.0 Å². The second-order valence-electron chi connectivity index (χ2n) is 7.44. The smallest absolute Gasteiger partial charge is 0.241 e. The summed E-state index contributed by atoms with van der Waals surface area (Å²) in [5.74, 6) is 0.950.